The predicted molar refractivity (Wildman–Crippen MR) is 119 cm³/mol. The van der Waals surface area contributed by atoms with Gasteiger partial charge in [0.05, 0.1) is 26.2 Å². The van der Waals surface area contributed by atoms with Gasteiger partial charge in [0.25, 0.3) is 0 Å². The van der Waals surface area contributed by atoms with E-state index in [1.165, 1.54) is 10.6 Å². The number of methoxy groups -OCH3 is 2. The van der Waals surface area contributed by atoms with E-state index in [0.29, 0.717) is 30.2 Å². The minimum atomic E-state index is -3.45. The second kappa shape index (κ2) is 10.3. The van der Waals surface area contributed by atoms with Crippen LogP contribution in [0.5, 0.6) is 11.5 Å². The molecule has 0 aliphatic rings. The van der Waals surface area contributed by atoms with Crippen LogP contribution in [-0.2, 0) is 21.4 Å². The highest BCUT2D eigenvalue weighted by atomic mass is 32.2. The fourth-order valence-electron chi connectivity index (χ4n) is 3.12. The van der Waals surface area contributed by atoms with Crippen molar-refractivity contribution in [2.24, 2.45) is 0 Å². The van der Waals surface area contributed by atoms with Crippen LogP contribution in [0.15, 0.2) is 36.4 Å². The molecule has 0 bridgehead atoms. The first-order valence-corrected chi connectivity index (χ1v) is 11.5. The second-order valence-corrected chi connectivity index (χ2v) is 9.10. The van der Waals surface area contributed by atoms with Crippen LogP contribution in [0, 0.1) is 13.8 Å². The number of benzene rings is 2. The maximum atomic E-state index is 12.3. The van der Waals surface area contributed by atoms with Gasteiger partial charge in [0.1, 0.15) is 0 Å². The molecule has 2 rings (SSSR count). The van der Waals surface area contributed by atoms with Crippen molar-refractivity contribution in [1.82, 2.24) is 5.32 Å². The molecule has 0 aliphatic heterocycles. The number of hydrogen-bond donors (Lipinski definition) is 1. The number of sulfonamides is 1. The molecule has 0 unspecified atom stereocenters. The lowest BCUT2D eigenvalue weighted by atomic mass is 10.1. The van der Waals surface area contributed by atoms with Crippen LogP contribution in [0.25, 0.3) is 0 Å². The third-order valence-corrected chi connectivity index (χ3v) is 5.92. The van der Waals surface area contributed by atoms with Crippen molar-refractivity contribution in [3.8, 4) is 11.5 Å². The molecule has 0 saturated heterocycles. The van der Waals surface area contributed by atoms with E-state index in [-0.39, 0.29) is 18.9 Å². The number of rotatable bonds is 10. The van der Waals surface area contributed by atoms with E-state index in [2.05, 4.69) is 5.32 Å². The van der Waals surface area contributed by atoms with Crippen LogP contribution in [0.3, 0.4) is 0 Å². The smallest absolute Gasteiger partial charge is 0.232 e. The highest BCUT2D eigenvalue weighted by Crippen LogP contribution is 2.27. The minimum absolute atomic E-state index is 0.140. The van der Waals surface area contributed by atoms with E-state index in [9.17, 15) is 13.2 Å². The van der Waals surface area contributed by atoms with Crippen molar-refractivity contribution in [2.75, 3.05) is 31.3 Å². The first-order valence-electron chi connectivity index (χ1n) is 9.68. The standard InChI is InChI=1S/C22H30N2O5S/c1-16-8-9-17(2)19(13-16)24(30(5,26)27)12-6-7-22(25)23-15-18-10-11-20(28-3)21(14-18)29-4/h8-11,13-14H,6-7,12,15H2,1-5H3,(H,23,25). The summed E-state index contributed by atoms with van der Waals surface area (Å²) in [5, 5.41) is 2.86. The average Bonchev–Trinajstić information content (AvgIpc) is 2.70. The Balaban J connectivity index is 1.94. The summed E-state index contributed by atoms with van der Waals surface area (Å²) in [5.41, 5.74) is 3.40. The fourth-order valence-corrected chi connectivity index (χ4v) is 4.13. The van der Waals surface area contributed by atoms with E-state index in [1.54, 1.807) is 20.3 Å². The zero-order valence-electron chi connectivity index (χ0n) is 18.2. The highest BCUT2D eigenvalue weighted by molar-refractivity contribution is 7.92. The van der Waals surface area contributed by atoms with Crippen molar-refractivity contribution in [3.63, 3.8) is 0 Å². The number of nitrogens with one attached hydrogen (secondary N) is 1. The summed E-state index contributed by atoms with van der Waals surface area (Å²) in [5.74, 6) is 1.08. The summed E-state index contributed by atoms with van der Waals surface area (Å²) in [6, 6.07) is 11.2. The SMILES string of the molecule is COc1ccc(CNC(=O)CCCN(c2cc(C)ccc2C)S(C)(=O)=O)cc1OC. The molecule has 7 nitrogen and oxygen atoms in total. The van der Waals surface area contributed by atoms with Gasteiger partial charge in [-0.2, -0.15) is 0 Å². The fraction of sp³-hybridized carbons (Fsp3) is 0.409. The van der Waals surface area contributed by atoms with Gasteiger partial charge in [0, 0.05) is 19.5 Å². The number of aryl methyl sites for hydroxylation is 2. The molecule has 0 radical (unpaired) electrons. The summed E-state index contributed by atoms with van der Waals surface area (Å²) in [7, 11) is -0.323. The molecule has 0 saturated carbocycles. The number of anilines is 1. The quantitative estimate of drug-likeness (QED) is 0.621. The molecular weight excluding hydrogens is 404 g/mol. The number of carbonyl (C=O) groups excluding carboxylic acids is 1. The van der Waals surface area contributed by atoms with Gasteiger partial charge in [0.15, 0.2) is 11.5 Å². The van der Waals surface area contributed by atoms with E-state index in [1.807, 2.05) is 44.2 Å². The second-order valence-electron chi connectivity index (χ2n) is 7.19. The van der Waals surface area contributed by atoms with Crippen molar-refractivity contribution in [2.45, 2.75) is 33.2 Å². The summed E-state index contributed by atoms with van der Waals surface area (Å²) >= 11 is 0. The van der Waals surface area contributed by atoms with Crippen LogP contribution in [-0.4, -0.2) is 41.3 Å². The lowest BCUT2D eigenvalue weighted by Crippen LogP contribution is -2.32. The van der Waals surface area contributed by atoms with Gasteiger partial charge in [-0.05, 0) is 55.2 Å². The van der Waals surface area contributed by atoms with Crippen LogP contribution in [0.1, 0.15) is 29.5 Å². The third-order valence-electron chi connectivity index (χ3n) is 4.74. The lowest BCUT2D eigenvalue weighted by molar-refractivity contribution is -0.121. The van der Waals surface area contributed by atoms with Gasteiger partial charge in [-0.15, -0.1) is 0 Å². The lowest BCUT2D eigenvalue weighted by Gasteiger charge is -2.24. The van der Waals surface area contributed by atoms with Crippen LogP contribution in [0.4, 0.5) is 5.69 Å². The number of nitrogens with zero attached hydrogens (tertiary/aromatic N) is 1. The Kier molecular flexibility index (Phi) is 8.11. The molecule has 8 heteroatoms. The zero-order valence-corrected chi connectivity index (χ0v) is 19.0. The zero-order chi connectivity index (χ0) is 22.3. The van der Waals surface area contributed by atoms with E-state index in [4.69, 9.17) is 9.47 Å². The summed E-state index contributed by atoms with van der Waals surface area (Å²) in [6.07, 6.45) is 1.83. The van der Waals surface area contributed by atoms with Crippen LogP contribution in [0.2, 0.25) is 0 Å². The van der Waals surface area contributed by atoms with Crippen molar-refractivity contribution in [3.05, 3.63) is 53.1 Å². The highest BCUT2D eigenvalue weighted by Gasteiger charge is 2.19. The Labute approximate surface area is 179 Å². The molecule has 2 aromatic rings. The Morgan fingerprint density at radius 3 is 2.37 bits per heavy atom. The van der Waals surface area contributed by atoms with Gasteiger partial charge < -0.3 is 14.8 Å². The molecule has 0 heterocycles. The molecule has 0 spiro atoms. The number of carbonyl (C=O) groups is 1. The summed E-state index contributed by atoms with van der Waals surface area (Å²) < 4.78 is 36.4. The Morgan fingerprint density at radius 1 is 1.03 bits per heavy atom. The summed E-state index contributed by atoms with van der Waals surface area (Å²) in [4.78, 5) is 12.2. The van der Waals surface area contributed by atoms with Crippen molar-refractivity contribution in [1.29, 1.82) is 0 Å². The monoisotopic (exact) mass is 434 g/mol. The molecule has 2 aromatic carbocycles. The van der Waals surface area contributed by atoms with Crippen LogP contribution >= 0.6 is 0 Å². The molecular formula is C22H30N2O5S. The molecule has 0 aliphatic carbocycles. The third kappa shape index (κ3) is 6.38. The largest absolute Gasteiger partial charge is 0.493 e. The van der Waals surface area contributed by atoms with Crippen LogP contribution < -0.4 is 19.1 Å². The first kappa shape index (κ1) is 23.5. The first-order chi connectivity index (χ1) is 14.2. The topological polar surface area (TPSA) is 84.9 Å². The molecule has 30 heavy (non-hydrogen) atoms. The Hall–Kier alpha value is -2.74. The predicted octanol–water partition coefficient (Wildman–Crippen LogP) is 3.18. The number of ether oxygens (including phenoxy) is 2. The Bertz CT molecular complexity index is 989. The molecule has 0 atom stereocenters. The summed E-state index contributed by atoms with van der Waals surface area (Å²) in [6.45, 7) is 4.40. The molecule has 1 N–H and O–H groups in total. The molecule has 164 valence electrons. The molecule has 0 fully saturated rings. The molecule has 1 amide bonds. The van der Waals surface area contributed by atoms with Crippen molar-refractivity contribution >= 4 is 21.6 Å². The van der Waals surface area contributed by atoms with E-state index in [0.717, 1.165) is 16.7 Å². The van der Waals surface area contributed by atoms with Gasteiger partial charge in [0.2, 0.25) is 15.9 Å². The number of amides is 1. The van der Waals surface area contributed by atoms with E-state index >= 15 is 0 Å². The Morgan fingerprint density at radius 2 is 1.73 bits per heavy atom. The minimum Gasteiger partial charge on any atom is -0.493 e. The number of hydrogen-bond acceptors (Lipinski definition) is 5. The van der Waals surface area contributed by atoms with Gasteiger partial charge >= 0.3 is 0 Å². The van der Waals surface area contributed by atoms with Gasteiger partial charge in [-0.1, -0.05) is 18.2 Å². The van der Waals surface area contributed by atoms with E-state index < -0.39 is 10.0 Å². The van der Waals surface area contributed by atoms with Crippen molar-refractivity contribution < 1.29 is 22.7 Å². The average molecular weight is 435 g/mol. The maximum absolute atomic E-state index is 12.3. The maximum Gasteiger partial charge on any atom is 0.232 e. The van der Waals surface area contributed by atoms with Gasteiger partial charge in [-0.3, -0.25) is 9.10 Å². The van der Waals surface area contributed by atoms with Gasteiger partial charge in [-0.25, -0.2) is 8.42 Å². The normalized spacial score (nSPS) is 11.1. The molecule has 0 aromatic heterocycles.